The fourth-order valence-electron chi connectivity index (χ4n) is 2.38. The maximum absolute atomic E-state index is 12.5. The molecule has 1 aromatic rings. The highest BCUT2D eigenvalue weighted by Crippen LogP contribution is 2.24. The standard InChI is InChI=1S/C15H14Cl2N2O2/c1-2-5-18-14(20)13-4-3-6-19(13)15(21)10-7-11(16)9-12(17)8-10/h1,7-9,13H,3-6H2,(H,18,20). The number of nitrogens with one attached hydrogen (secondary N) is 1. The Kier molecular flexibility index (Phi) is 5.11. The molecule has 0 aliphatic carbocycles. The van der Waals surface area contributed by atoms with Gasteiger partial charge in [0.2, 0.25) is 5.91 Å². The Bertz CT molecular complexity index is 590. The topological polar surface area (TPSA) is 49.4 Å². The average molecular weight is 325 g/mol. The number of halogens is 2. The molecule has 1 N–H and O–H groups in total. The van der Waals surface area contributed by atoms with Crippen LogP contribution in [0.15, 0.2) is 18.2 Å². The highest BCUT2D eigenvalue weighted by Gasteiger charge is 2.34. The van der Waals surface area contributed by atoms with Gasteiger partial charge in [-0.2, -0.15) is 0 Å². The molecule has 2 rings (SSSR count). The van der Waals surface area contributed by atoms with E-state index >= 15 is 0 Å². The van der Waals surface area contributed by atoms with Crippen LogP contribution in [0.2, 0.25) is 10.0 Å². The van der Waals surface area contributed by atoms with Gasteiger partial charge in [-0.25, -0.2) is 0 Å². The van der Waals surface area contributed by atoms with Crippen molar-refractivity contribution in [3.8, 4) is 12.3 Å². The van der Waals surface area contributed by atoms with E-state index < -0.39 is 6.04 Å². The summed E-state index contributed by atoms with van der Waals surface area (Å²) in [6.45, 7) is 0.678. The lowest BCUT2D eigenvalue weighted by atomic mass is 10.1. The van der Waals surface area contributed by atoms with Crippen LogP contribution in [0.25, 0.3) is 0 Å². The smallest absolute Gasteiger partial charge is 0.254 e. The summed E-state index contributed by atoms with van der Waals surface area (Å²) >= 11 is 11.8. The summed E-state index contributed by atoms with van der Waals surface area (Å²) in [5, 5.41) is 3.39. The first-order valence-corrected chi connectivity index (χ1v) is 7.26. The Labute approximate surface area is 133 Å². The summed E-state index contributed by atoms with van der Waals surface area (Å²) in [7, 11) is 0. The molecule has 1 unspecified atom stereocenters. The number of hydrogen-bond acceptors (Lipinski definition) is 2. The number of benzene rings is 1. The molecule has 0 bridgehead atoms. The monoisotopic (exact) mass is 324 g/mol. The van der Waals surface area contributed by atoms with Crippen LogP contribution < -0.4 is 5.32 Å². The van der Waals surface area contributed by atoms with Gasteiger partial charge < -0.3 is 10.2 Å². The van der Waals surface area contributed by atoms with Crippen molar-refractivity contribution in [2.24, 2.45) is 0 Å². The Balaban J connectivity index is 2.17. The van der Waals surface area contributed by atoms with Gasteiger partial charge in [0.05, 0.1) is 6.54 Å². The quantitative estimate of drug-likeness (QED) is 0.868. The van der Waals surface area contributed by atoms with E-state index in [1.54, 1.807) is 18.2 Å². The second-order valence-electron chi connectivity index (χ2n) is 4.74. The van der Waals surface area contributed by atoms with Crippen molar-refractivity contribution in [2.75, 3.05) is 13.1 Å². The first-order chi connectivity index (χ1) is 10.0. The van der Waals surface area contributed by atoms with E-state index in [1.807, 2.05) is 0 Å². The van der Waals surface area contributed by atoms with Crippen molar-refractivity contribution in [2.45, 2.75) is 18.9 Å². The third kappa shape index (κ3) is 3.69. The summed E-state index contributed by atoms with van der Waals surface area (Å²) in [6, 6.07) is 4.15. The number of hydrogen-bond donors (Lipinski definition) is 1. The summed E-state index contributed by atoms with van der Waals surface area (Å²) < 4.78 is 0. The van der Waals surface area contributed by atoms with Gasteiger partial charge in [-0.1, -0.05) is 29.1 Å². The number of amides is 2. The van der Waals surface area contributed by atoms with E-state index in [2.05, 4.69) is 11.2 Å². The summed E-state index contributed by atoms with van der Waals surface area (Å²) in [5.41, 5.74) is 0.379. The van der Waals surface area contributed by atoms with Crippen LogP contribution in [0.3, 0.4) is 0 Å². The minimum atomic E-state index is -0.497. The lowest BCUT2D eigenvalue weighted by molar-refractivity contribution is -0.124. The predicted molar refractivity (Wildman–Crippen MR) is 82.4 cm³/mol. The molecule has 1 saturated heterocycles. The van der Waals surface area contributed by atoms with Crippen LogP contribution in [-0.4, -0.2) is 35.8 Å². The zero-order valence-corrected chi connectivity index (χ0v) is 12.7. The van der Waals surface area contributed by atoms with Crippen LogP contribution in [0.5, 0.6) is 0 Å². The SMILES string of the molecule is C#CCNC(=O)C1CCCN1C(=O)c1cc(Cl)cc(Cl)c1. The minimum Gasteiger partial charge on any atom is -0.343 e. The molecule has 4 nitrogen and oxygen atoms in total. The molecule has 0 radical (unpaired) electrons. The summed E-state index contributed by atoms with van der Waals surface area (Å²) in [6.07, 6.45) is 6.51. The molecule has 1 heterocycles. The molecule has 1 aliphatic heterocycles. The molecular formula is C15H14Cl2N2O2. The molecule has 1 aliphatic rings. The highest BCUT2D eigenvalue weighted by atomic mass is 35.5. The lowest BCUT2D eigenvalue weighted by Gasteiger charge is -2.23. The Morgan fingerprint density at radius 2 is 2.00 bits per heavy atom. The maximum atomic E-state index is 12.5. The maximum Gasteiger partial charge on any atom is 0.254 e. The van der Waals surface area contributed by atoms with Gasteiger partial charge in [-0.05, 0) is 31.0 Å². The Morgan fingerprint density at radius 1 is 1.33 bits per heavy atom. The Hall–Kier alpha value is -1.70. The lowest BCUT2D eigenvalue weighted by Crippen LogP contribution is -2.46. The second-order valence-corrected chi connectivity index (χ2v) is 5.61. The molecule has 0 spiro atoms. The predicted octanol–water partition coefficient (Wildman–Crippen LogP) is 2.35. The first-order valence-electron chi connectivity index (χ1n) is 6.51. The summed E-state index contributed by atoms with van der Waals surface area (Å²) in [5.74, 6) is 1.86. The molecular weight excluding hydrogens is 311 g/mol. The third-order valence-corrected chi connectivity index (χ3v) is 3.73. The fraction of sp³-hybridized carbons (Fsp3) is 0.333. The van der Waals surface area contributed by atoms with Crippen LogP contribution >= 0.6 is 23.2 Å². The normalized spacial score (nSPS) is 17.4. The van der Waals surface area contributed by atoms with Gasteiger partial charge in [0.25, 0.3) is 5.91 Å². The molecule has 0 saturated carbocycles. The van der Waals surface area contributed by atoms with Crippen molar-refractivity contribution < 1.29 is 9.59 Å². The van der Waals surface area contributed by atoms with E-state index in [4.69, 9.17) is 29.6 Å². The number of likely N-dealkylation sites (tertiary alicyclic amines) is 1. The number of carbonyl (C=O) groups excluding carboxylic acids is 2. The van der Waals surface area contributed by atoms with Crippen molar-refractivity contribution in [1.82, 2.24) is 10.2 Å². The van der Waals surface area contributed by atoms with Gasteiger partial charge in [0, 0.05) is 22.2 Å². The van der Waals surface area contributed by atoms with Crippen molar-refractivity contribution in [3.63, 3.8) is 0 Å². The van der Waals surface area contributed by atoms with Gasteiger partial charge >= 0.3 is 0 Å². The van der Waals surface area contributed by atoms with Crippen molar-refractivity contribution >= 4 is 35.0 Å². The minimum absolute atomic E-state index is 0.153. The van der Waals surface area contributed by atoms with Gasteiger partial charge in [0.1, 0.15) is 6.04 Å². The van der Waals surface area contributed by atoms with E-state index in [9.17, 15) is 9.59 Å². The van der Waals surface area contributed by atoms with Crippen LogP contribution in [0.4, 0.5) is 0 Å². The van der Waals surface area contributed by atoms with E-state index in [0.29, 0.717) is 28.6 Å². The van der Waals surface area contributed by atoms with Crippen LogP contribution in [0, 0.1) is 12.3 Å². The molecule has 1 atom stereocenters. The van der Waals surface area contributed by atoms with E-state index in [-0.39, 0.29) is 18.4 Å². The van der Waals surface area contributed by atoms with Gasteiger partial charge in [0.15, 0.2) is 0 Å². The van der Waals surface area contributed by atoms with Gasteiger partial charge in [-0.15, -0.1) is 6.42 Å². The van der Waals surface area contributed by atoms with Crippen molar-refractivity contribution in [3.05, 3.63) is 33.8 Å². The van der Waals surface area contributed by atoms with Crippen LogP contribution in [0.1, 0.15) is 23.2 Å². The molecule has 110 valence electrons. The molecule has 1 aromatic carbocycles. The zero-order chi connectivity index (χ0) is 15.4. The number of rotatable bonds is 3. The van der Waals surface area contributed by atoms with Gasteiger partial charge in [-0.3, -0.25) is 9.59 Å². The largest absolute Gasteiger partial charge is 0.343 e. The number of nitrogens with zero attached hydrogens (tertiary/aromatic N) is 1. The number of terminal acetylenes is 1. The number of carbonyl (C=O) groups is 2. The molecule has 1 fully saturated rings. The molecule has 0 aromatic heterocycles. The summed E-state index contributed by atoms with van der Waals surface area (Å²) in [4.78, 5) is 26.1. The molecule has 21 heavy (non-hydrogen) atoms. The second kappa shape index (κ2) is 6.84. The molecule has 6 heteroatoms. The zero-order valence-electron chi connectivity index (χ0n) is 11.2. The first kappa shape index (κ1) is 15.7. The average Bonchev–Trinajstić information content (AvgIpc) is 2.92. The van der Waals surface area contributed by atoms with Crippen LogP contribution in [-0.2, 0) is 4.79 Å². The third-order valence-electron chi connectivity index (χ3n) is 3.29. The fourth-order valence-corrected chi connectivity index (χ4v) is 2.91. The highest BCUT2D eigenvalue weighted by molar-refractivity contribution is 6.35. The van der Waals surface area contributed by atoms with Crippen molar-refractivity contribution in [1.29, 1.82) is 0 Å². The molecule has 2 amide bonds. The van der Waals surface area contributed by atoms with E-state index in [0.717, 1.165) is 6.42 Å². The Morgan fingerprint density at radius 3 is 2.62 bits per heavy atom. The van der Waals surface area contributed by atoms with E-state index in [1.165, 1.54) is 4.90 Å².